The molecule has 134 valence electrons. The Kier molecular flexibility index (Phi) is 5.75. The van der Waals surface area contributed by atoms with Crippen LogP contribution in [0.4, 0.5) is 0 Å². The predicted octanol–water partition coefficient (Wildman–Crippen LogP) is 1.48. The minimum atomic E-state index is -0.0316. The lowest BCUT2D eigenvalue weighted by Crippen LogP contribution is -2.27. The van der Waals surface area contributed by atoms with E-state index in [4.69, 9.17) is 9.47 Å². The van der Waals surface area contributed by atoms with E-state index in [0.29, 0.717) is 35.0 Å². The van der Waals surface area contributed by atoms with Crippen LogP contribution in [0.2, 0.25) is 0 Å². The van der Waals surface area contributed by atoms with Crippen molar-refractivity contribution in [3.8, 4) is 11.5 Å². The van der Waals surface area contributed by atoms with Crippen LogP contribution in [-0.2, 0) is 11.2 Å². The van der Waals surface area contributed by atoms with Crippen LogP contribution in [0.1, 0.15) is 24.4 Å². The zero-order valence-electron chi connectivity index (χ0n) is 14.3. The lowest BCUT2D eigenvalue weighted by Gasteiger charge is -2.10. The third-order valence-corrected chi connectivity index (χ3v) is 4.80. The van der Waals surface area contributed by atoms with Crippen LogP contribution in [0.25, 0.3) is 0 Å². The lowest BCUT2D eigenvalue weighted by atomic mass is 10.1. The van der Waals surface area contributed by atoms with Crippen molar-refractivity contribution >= 4 is 17.7 Å². The van der Waals surface area contributed by atoms with E-state index in [1.54, 1.807) is 14.2 Å². The van der Waals surface area contributed by atoms with Crippen molar-refractivity contribution in [2.45, 2.75) is 30.5 Å². The molecule has 25 heavy (non-hydrogen) atoms. The quantitative estimate of drug-likeness (QED) is 0.675. The molecule has 1 saturated carbocycles. The summed E-state index contributed by atoms with van der Waals surface area (Å²) in [6.07, 6.45) is 2.93. The summed E-state index contributed by atoms with van der Waals surface area (Å²) in [5.74, 6) is 1.66. The van der Waals surface area contributed by atoms with Crippen LogP contribution < -0.4 is 14.8 Å². The van der Waals surface area contributed by atoms with Crippen LogP contribution in [0.5, 0.6) is 11.5 Å². The van der Waals surface area contributed by atoms with Gasteiger partial charge in [0.2, 0.25) is 11.1 Å². The number of benzene rings is 1. The Morgan fingerprint density at radius 2 is 2.12 bits per heavy atom. The Labute approximate surface area is 150 Å². The van der Waals surface area contributed by atoms with E-state index in [9.17, 15) is 4.79 Å². The smallest absolute Gasteiger partial charge is 0.230 e. The number of ether oxygens (including phenoxy) is 2. The number of nitrogens with zero attached hydrogens (tertiary/aromatic N) is 4. The van der Waals surface area contributed by atoms with E-state index >= 15 is 0 Å². The molecule has 0 spiro atoms. The molecule has 0 radical (unpaired) electrons. The van der Waals surface area contributed by atoms with Crippen molar-refractivity contribution in [1.29, 1.82) is 0 Å². The molecule has 0 atom stereocenters. The van der Waals surface area contributed by atoms with Gasteiger partial charge in [0.1, 0.15) is 0 Å². The maximum atomic E-state index is 12.0. The van der Waals surface area contributed by atoms with E-state index < -0.39 is 0 Å². The molecule has 1 N–H and O–H groups in total. The van der Waals surface area contributed by atoms with Crippen molar-refractivity contribution in [3.63, 3.8) is 0 Å². The molecular weight excluding hydrogens is 342 g/mol. The molecule has 0 saturated heterocycles. The zero-order chi connectivity index (χ0) is 17.6. The van der Waals surface area contributed by atoms with E-state index in [1.165, 1.54) is 11.8 Å². The van der Waals surface area contributed by atoms with Gasteiger partial charge in [-0.25, -0.2) is 4.68 Å². The number of hydrogen-bond acceptors (Lipinski definition) is 7. The standard InChI is InChI=1S/C16H21N5O3S/c1-23-13-6-3-11(9-14(13)24-2)7-8-17-15(22)10-25-16-18-19-20-21(16)12-4-5-12/h3,6,9,12H,4-5,7-8,10H2,1-2H3,(H,17,22). The van der Waals surface area contributed by atoms with Gasteiger partial charge in [-0.2, -0.15) is 0 Å². The van der Waals surface area contributed by atoms with Gasteiger partial charge in [0, 0.05) is 6.54 Å². The number of hydrogen-bond donors (Lipinski definition) is 1. The molecule has 1 fully saturated rings. The number of tetrazole rings is 1. The highest BCUT2D eigenvalue weighted by Crippen LogP contribution is 2.36. The minimum Gasteiger partial charge on any atom is -0.493 e. The highest BCUT2D eigenvalue weighted by atomic mass is 32.2. The number of aromatic nitrogens is 4. The van der Waals surface area contributed by atoms with Crippen molar-refractivity contribution < 1.29 is 14.3 Å². The van der Waals surface area contributed by atoms with Gasteiger partial charge in [-0.1, -0.05) is 17.8 Å². The average molecular weight is 363 g/mol. The number of methoxy groups -OCH3 is 2. The first-order chi connectivity index (χ1) is 12.2. The Hall–Kier alpha value is -2.29. The number of carbonyl (C=O) groups is 1. The predicted molar refractivity (Wildman–Crippen MR) is 93.1 cm³/mol. The molecule has 1 amide bonds. The number of nitrogens with one attached hydrogen (secondary N) is 1. The molecule has 0 unspecified atom stereocenters. The Balaban J connectivity index is 1.42. The molecule has 1 aliphatic rings. The van der Waals surface area contributed by atoms with Crippen LogP contribution in [0.15, 0.2) is 23.4 Å². The fourth-order valence-electron chi connectivity index (χ4n) is 2.39. The summed E-state index contributed by atoms with van der Waals surface area (Å²) in [7, 11) is 3.21. The van der Waals surface area contributed by atoms with Crippen LogP contribution >= 0.6 is 11.8 Å². The summed E-state index contributed by atoms with van der Waals surface area (Å²) in [5.41, 5.74) is 1.07. The summed E-state index contributed by atoms with van der Waals surface area (Å²) < 4.78 is 12.3. The second-order valence-corrected chi connectivity index (χ2v) is 6.66. The number of carbonyl (C=O) groups excluding carboxylic acids is 1. The number of thioether (sulfide) groups is 1. The van der Waals surface area contributed by atoms with Gasteiger partial charge in [0.25, 0.3) is 0 Å². The first-order valence-electron chi connectivity index (χ1n) is 8.09. The summed E-state index contributed by atoms with van der Waals surface area (Å²) in [5, 5.41) is 15.2. The molecule has 1 aliphatic carbocycles. The van der Waals surface area contributed by atoms with Gasteiger partial charge in [-0.15, -0.1) is 5.10 Å². The van der Waals surface area contributed by atoms with Gasteiger partial charge < -0.3 is 14.8 Å². The molecule has 1 aromatic carbocycles. The maximum absolute atomic E-state index is 12.0. The van der Waals surface area contributed by atoms with Gasteiger partial charge in [-0.05, 0) is 47.4 Å². The summed E-state index contributed by atoms with van der Waals surface area (Å²) in [6, 6.07) is 6.16. The topological polar surface area (TPSA) is 91.2 Å². The zero-order valence-corrected chi connectivity index (χ0v) is 15.1. The highest BCUT2D eigenvalue weighted by Gasteiger charge is 2.28. The maximum Gasteiger partial charge on any atom is 0.230 e. The average Bonchev–Trinajstić information content (AvgIpc) is 3.37. The minimum absolute atomic E-state index is 0.0316. The summed E-state index contributed by atoms with van der Waals surface area (Å²) in [6.45, 7) is 0.558. The molecule has 2 aromatic rings. The SMILES string of the molecule is COc1ccc(CCNC(=O)CSc2nnnn2C2CC2)cc1OC. The van der Waals surface area contributed by atoms with Crippen molar-refractivity contribution in [1.82, 2.24) is 25.5 Å². The van der Waals surface area contributed by atoms with Gasteiger partial charge in [0.15, 0.2) is 11.5 Å². The fourth-order valence-corrected chi connectivity index (χ4v) is 3.17. The van der Waals surface area contributed by atoms with E-state index in [-0.39, 0.29) is 5.91 Å². The molecule has 1 heterocycles. The van der Waals surface area contributed by atoms with Gasteiger partial charge in [0.05, 0.1) is 26.0 Å². The van der Waals surface area contributed by atoms with Crippen molar-refractivity contribution in [3.05, 3.63) is 23.8 Å². The third kappa shape index (κ3) is 4.62. The Morgan fingerprint density at radius 3 is 2.84 bits per heavy atom. The van der Waals surface area contributed by atoms with E-state index in [2.05, 4.69) is 20.8 Å². The molecule has 9 heteroatoms. The first kappa shape index (κ1) is 17.5. The Morgan fingerprint density at radius 1 is 1.32 bits per heavy atom. The third-order valence-electron chi connectivity index (χ3n) is 3.87. The molecule has 0 aliphatic heterocycles. The molecule has 3 rings (SSSR count). The molecule has 0 bridgehead atoms. The second kappa shape index (κ2) is 8.19. The lowest BCUT2D eigenvalue weighted by molar-refractivity contribution is -0.118. The van der Waals surface area contributed by atoms with Crippen molar-refractivity contribution in [2.75, 3.05) is 26.5 Å². The second-order valence-electron chi connectivity index (χ2n) is 5.72. The number of amides is 1. The largest absolute Gasteiger partial charge is 0.493 e. The monoisotopic (exact) mass is 363 g/mol. The fraction of sp³-hybridized carbons (Fsp3) is 0.500. The molecule has 8 nitrogen and oxygen atoms in total. The number of rotatable bonds is 9. The van der Waals surface area contributed by atoms with E-state index in [0.717, 1.165) is 24.8 Å². The molecule has 1 aromatic heterocycles. The molecular formula is C16H21N5O3S. The first-order valence-corrected chi connectivity index (χ1v) is 9.08. The van der Waals surface area contributed by atoms with Crippen LogP contribution in [-0.4, -0.2) is 52.6 Å². The summed E-state index contributed by atoms with van der Waals surface area (Å²) in [4.78, 5) is 12.0. The normalized spacial score (nSPS) is 13.5. The Bertz CT molecular complexity index is 732. The van der Waals surface area contributed by atoms with Gasteiger partial charge >= 0.3 is 0 Å². The van der Waals surface area contributed by atoms with Crippen LogP contribution in [0.3, 0.4) is 0 Å². The van der Waals surface area contributed by atoms with E-state index in [1.807, 2.05) is 22.9 Å². The highest BCUT2D eigenvalue weighted by molar-refractivity contribution is 7.99. The van der Waals surface area contributed by atoms with Crippen molar-refractivity contribution in [2.24, 2.45) is 0 Å². The van der Waals surface area contributed by atoms with Gasteiger partial charge in [-0.3, -0.25) is 4.79 Å². The van der Waals surface area contributed by atoms with Crippen LogP contribution in [0, 0.1) is 0 Å². The summed E-state index contributed by atoms with van der Waals surface area (Å²) >= 11 is 1.37.